The van der Waals surface area contributed by atoms with Crippen molar-refractivity contribution < 1.29 is 26.7 Å². The number of aryl methyl sites for hydroxylation is 1. The summed E-state index contributed by atoms with van der Waals surface area (Å²) >= 11 is 0. The number of hydrogen-bond donors (Lipinski definition) is 0. The van der Waals surface area contributed by atoms with Crippen molar-refractivity contribution in [2.75, 3.05) is 25.4 Å². The second kappa shape index (κ2) is 9.85. The summed E-state index contributed by atoms with van der Waals surface area (Å²) < 4.78 is 43.4. The molecule has 0 N–H and O–H groups in total. The van der Waals surface area contributed by atoms with Crippen LogP contribution >= 0.6 is 7.80 Å². The smallest absolute Gasteiger partial charge is 0.309 e. The minimum absolute atomic E-state index is 0.0891. The fourth-order valence-electron chi connectivity index (χ4n) is 2.06. The lowest BCUT2D eigenvalue weighted by Crippen LogP contribution is -2.21. The Labute approximate surface area is 138 Å². The van der Waals surface area contributed by atoms with Gasteiger partial charge < -0.3 is 9.30 Å². The first-order valence-electron chi connectivity index (χ1n) is 7.38. The number of benzene rings is 1. The minimum atomic E-state index is -3.63. The molecule has 0 spiro atoms. The molecular formula is C15H23O6PS. The van der Waals surface area contributed by atoms with Crippen LogP contribution in [0.25, 0.3) is 0 Å². The van der Waals surface area contributed by atoms with Crippen LogP contribution in [0.5, 0.6) is 0 Å². The molecule has 0 aliphatic rings. The summed E-state index contributed by atoms with van der Waals surface area (Å²) in [6.07, 6.45) is 1.78. The van der Waals surface area contributed by atoms with E-state index >= 15 is 0 Å². The fourth-order valence-corrected chi connectivity index (χ4v) is 4.48. The van der Waals surface area contributed by atoms with Crippen LogP contribution in [0.4, 0.5) is 0 Å². The third kappa shape index (κ3) is 8.89. The van der Waals surface area contributed by atoms with E-state index in [4.69, 9.17) is 4.74 Å². The van der Waals surface area contributed by atoms with E-state index in [1.165, 1.54) is 0 Å². The topological polar surface area (TPSA) is 86.7 Å². The summed E-state index contributed by atoms with van der Waals surface area (Å²) in [5, 5.41) is 0. The Hall–Kier alpha value is -1.17. The van der Waals surface area contributed by atoms with Crippen LogP contribution in [-0.4, -0.2) is 39.8 Å². The van der Waals surface area contributed by atoms with Crippen molar-refractivity contribution in [1.29, 1.82) is 0 Å². The van der Waals surface area contributed by atoms with Gasteiger partial charge in [0.1, 0.15) is 14.1 Å². The van der Waals surface area contributed by atoms with E-state index in [1.807, 2.05) is 30.3 Å². The van der Waals surface area contributed by atoms with E-state index < -0.39 is 29.8 Å². The highest BCUT2D eigenvalue weighted by atomic mass is 32.2. The van der Waals surface area contributed by atoms with Gasteiger partial charge in [-0.2, -0.15) is 8.42 Å². The predicted octanol–water partition coefficient (Wildman–Crippen LogP) is 2.29. The highest BCUT2D eigenvalue weighted by Crippen LogP contribution is 2.28. The molecular weight excluding hydrogens is 339 g/mol. The molecule has 0 saturated heterocycles. The largest absolute Gasteiger partial charge is 0.466 e. The number of esters is 1. The van der Waals surface area contributed by atoms with Crippen molar-refractivity contribution >= 4 is 23.9 Å². The molecule has 0 fully saturated rings. The van der Waals surface area contributed by atoms with Crippen molar-refractivity contribution in [2.45, 2.75) is 19.8 Å². The normalized spacial score (nSPS) is 14.2. The summed E-state index contributed by atoms with van der Waals surface area (Å²) in [7, 11) is -5.97. The molecule has 0 saturated carbocycles. The number of carbonyl (C=O) groups is 1. The highest BCUT2D eigenvalue weighted by molar-refractivity contribution is 7.86. The minimum Gasteiger partial charge on any atom is -0.466 e. The van der Waals surface area contributed by atoms with Crippen molar-refractivity contribution in [3.63, 3.8) is 0 Å². The molecule has 1 aromatic carbocycles. The zero-order chi connectivity index (χ0) is 17.3. The average Bonchev–Trinajstić information content (AvgIpc) is 2.50. The maximum atomic E-state index is 12.0. The lowest BCUT2D eigenvalue weighted by Gasteiger charge is -2.15. The molecule has 0 bridgehead atoms. The Balaban J connectivity index is 2.61. The lowest BCUT2D eigenvalue weighted by molar-refractivity contribution is -0.147. The molecule has 0 aliphatic carbocycles. The van der Waals surface area contributed by atoms with E-state index in [1.54, 1.807) is 6.92 Å². The summed E-state index contributed by atoms with van der Waals surface area (Å²) in [5.41, 5.74) is 1.08. The second-order valence-electron chi connectivity index (χ2n) is 5.18. The summed E-state index contributed by atoms with van der Waals surface area (Å²) in [6, 6.07) is 9.65. The highest BCUT2D eigenvalue weighted by Gasteiger charge is 2.23. The van der Waals surface area contributed by atoms with Gasteiger partial charge in [-0.05, 0) is 25.3 Å². The summed E-state index contributed by atoms with van der Waals surface area (Å²) in [6.45, 7) is 1.96. The molecule has 0 heterocycles. The third-order valence-electron chi connectivity index (χ3n) is 3.15. The Kier molecular flexibility index (Phi) is 8.52. The number of ether oxygens (including phenoxy) is 1. The molecule has 1 rings (SSSR count). The summed E-state index contributed by atoms with van der Waals surface area (Å²) in [5.74, 6) is -0.925. The Bertz CT molecular complexity index is 614. The van der Waals surface area contributed by atoms with Crippen LogP contribution in [0.1, 0.15) is 18.9 Å². The van der Waals surface area contributed by atoms with Crippen molar-refractivity contribution in [1.82, 2.24) is 0 Å². The summed E-state index contributed by atoms with van der Waals surface area (Å²) in [4.78, 5) is 12.0. The van der Waals surface area contributed by atoms with Crippen molar-refractivity contribution in [3.8, 4) is 0 Å². The van der Waals surface area contributed by atoms with Gasteiger partial charge in [0.25, 0.3) is 10.1 Å². The van der Waals surface area contributed by atoms with Crippen LogP contribution in [0.3, 0.4) is 0 Å². The Morgan fingerprint density at radius 2 is 1.91 bits per heavy atom. The van der Waals surface area contributed by atoms with E-state index in [9.17, 15) is 17.8 Å². The van der Waals surface area contributed by atoms with Gasteiger partial charge in [-0.15, -0.1) is 0 Å². The van der Waals surface area contributed by atoms with Gasteiger partial charge in [0.15, 0.2) is 0 Å². The first-order valence-corrected chi connectivity index (χ1v) is 11.0. The first kappa shape index (κ1) is 19.9. The second-order valence-corrected chi connectivity index (χ2v) is 8.60. The zero-order valence-electron chi connectivity index (χ0n) is 13.4. The molecule has 0 aromatic heterocycles. The number of hydrogen-bond acceptors (Lipinski definition) is 6. The molecule has 0 amide bonds. The average molecular weight is 362 g/mol. The van der Waals surface area contributed by atoms with Crippen LogP contribution in [0, 0.1) is 5.92 Å². The Morgan fingerprint density at radius 3 is 2.48 bits per heavy atom. The Morgan fingerprint density at radius 1 is 1.26 bits per heavy atom. The molecule has 1 aromatic rings. The monoisotopic (exact) mass is 362 g/mol. The van der Waals surface area contributed by atoms with E-state index in [0.717, 1.165) is 11.8 Å². The van der Waals surface area contributed by atoms with Crippen LogP contribution in [0.2, 0.25) is 0 Å². The number of rotatable bonds is 10. The molecule has 0 aliphatic heterocycles. The maximum absolute atomic E-state index is 12.0. The van der Waals surface area contributed by atoms with E-state index in [0.29, 0.717) is 12.8 Å². The lowest BCUT2D eigenvalue weighted by atomic mass is 10.0. The standard InChI is InChI=1S/C15H23O6PS/c1-3-20-15(16)14(10-9-13-7-5-4-6-8-13)11-22(17)12-21-23(2,18)19/h4-8,14,22H,3,9-12H2,1-2H3. The van der Waals surface area contributed by atoms with E-state index in [-0.39, 0.29) is 19.1 Å². The number of carbonyl (C=O) groups excluding carboxylic acids is 1. The first-order chi connectivity index (χ1) is 10.8. The van der Waals surface area contributed by atoms with E-state index in [2.05, 4.69) is 4.18 Å². The molecule has 6 nitrogen and oxygen atoms in total. The van der Waals surface area contributed by atoms with Gasteiger partial charge in [-0.25, -0.2) is 0 Å². The fraction of sp³-hybridized carbons (Fsp3) is 0.533. The molecule has 8 heteroatoms. The van der Waals surface area contributed by atoms with Gasteiger partial charge in [0.05, 0.1) is 18.8 Å². The third-order valence-corrected chi connectivity index (χ3v) is 5.32. The van der Waals surface area contributed by atoms with Gasteiger partial charge in [0, 0.05) is 6.16 Å². The van der Waals surface area contributed by atoms with Gasteiger partial charge in [-0.1, -0.05) is 30.3 Å². The van der Waals surface area contributed by atoms with Crippen molar-refractivity contribution in [2.24, 2.45) is 5.92 Å². The van der Waals surface area contributed by atoms with Gasteiger partial charge in [-0.3, -0.25) is 8.98 Å². The maximum Gasteiger partial charge on any atom is 0.309 e. The van der Waals surface area contributed by atoms with Crippen LogP contribution in [-0.2, 0) is 34.8 Å². The van der Waals surface area contributed by atoms with Crippen LogP contribution < -0.4 is 0 Å². The molecule has 2 unspecified atom stereocenters. The molecule has 0 radical (unpaired) electrons. The predicted molar refractivity (Wildman–Crippen MR) is 89.6 cm³/mol. The van der Waals surface area contributed by atoms with Gasteiger partial charge >= 0.3 is 5.97 Å². The SMILES string of the molecule is CCOC(=O)C(CCc1ccccc1)C[PH](=O)COS(C)(=O)=O. The van der Waals surface area contributed by atoms with Gasteiger partial charge in [0.2, 0.25) is 0 Å². The molecule has 130 valence electrons. The van der Waals surface area contributed by atoms with Crippen LogP contribution in [0.15, 0.2) is 30.3 Å². The molecule has 2 atom stereocenters. The molecule has 23 heavy (non-hydrogen) atoms. The van der Waals surface area contributed by atoms with Crippen molar-refractivity contribution in [3.05, 3.63) is 35.9 Å². The zero-order valence-corrected chi connectivity index (χ0v) is 15.2. The quantitative estimate of drug-likeness (QED) is 0.361.